The van der Waals surface area contributed by atoms with Gasteiger partial charge in [-0.05, 0) is 63.6 Å². The second-order valence-corrected chi connectivity index (χ2v) is 7.83. The minimum Gasteiger partial charge on any atom is -0.477 e. The number of hydrogen-bond donors (Lipinski definition) is 0. The molecule has 2 aliphatic heterocycles. The van der Waals surface area contributed by atoms with Gasteiger partial charge in [0.2, 0.25) is 17.6 Å². The molecule has 5 rings (SSSR count). The predicted molar refractivity (Wildman–Crippen MR) is 92.3 cm³/mol. The lowest BCUT2D eigenvalue weighted by Crippen LogP contribution is -2.50. The predicted octanol–water partition coefficient (Wildman–Crippen LogP) is 3.05. The van der Waals surface area contributed by atoms with E-state index >= 15 is 0 Å². The largest absolute Gasteiger partial charge is 0.477 e. The number of aromatic nitrogens is 3. The van der Waals surface area contributed by atoms with Crippen LogP contribution in [-0.4, -0.2) is 46.3 Å². The van der Waals surface area contributed by atoms with E-state index in [1.807, 2.05) is 12.1 Å². The van der Waals surface area contributed by atoms with Crippen molar-refractivity contribution in [2.75, 3.05) is 26.2 Å². The standard InChI is InChI=1S/C19H24N4O2/c1-7-19(8-2-10-23(9-1)13-19)18-21-17(22-25-18)15-5-6-16(20-11-15)24-12-14-3-4-14/h5-6,11,14H,1-4,7-10,12-13H2. The lowest BCUT2D eigenvalue weighted by Gasteiger charge is -2.44. The van der Waals surface area contributed by atoms with E-state index in [1.54, 1.807) is 6.20 Å². The molecule has 2 bridgehead atoms. The molecule has 3 aliphatic rings. The van der Waals surface area contributed by atoms with Gasteiger partial charge in [0.05, 0.1) is 12.0 Å². The molecule has 2 saturated heterocycles. The Balaban J connectivity index is 1.33. The molecule has 0 N–H and O–H groups in total. The minimum absolute atomic E-state index is 0.0580. The van der Waals surface area contributed by atoms with Crippen LogP contribution >= 0.6 is 0 Å². The fourth-order valence-corrected chi connectivity index (χ4v) is 4.19. The summed E-state index contributed by atoms with van der Waals surface area (Å²) in [5.74, 6) is 2.84. The van der Waals surface area contributed by atoms with E-state index in [4.69, 9.17) is 14.2 Å². The number of ether oxygens (including phenoxy) is 1. The third-order valence-corrected chi connectivity index (χ3v) is 5.82. The maximum Gasteiger partial charge on any atom is 0.234 e. The molecule has 0 atom stereocenters. The lowest BCUT2D eigenvalue weighted by molar-refractivity contribution is 0.0711. The Morgan fingerprint density at radius 2 is 2.04 bits per heavy atom. The molecule has 6 nitrogen and oxygen atoms in total. The molecule has 1 saturated carbocycles. The van der Waals surface area contributed by atoms with E-state index in [9.17, 15) is 0 Å². The highest BCUT2D eigenvalue weighted by Gasteiger charge is 2.44. The van der Waals surface area contributed by atoms with Crippen LogP contribution in [0.15, 0.2) is 22.9 Å². The maximum absolute atomic E-state index is 5.71. The van der Waals surface area contributed by atoms with Gasteiger partial charge in [0.15, 0.2) is 0 Å². The van der Waals surface area contributed by atoms with Gasteiger partial charge in [-0.3, -0.25) is 0 Å². The summed E-state index contributed by atoms with van der Waals surface area (Å²) >= 11 is 0. The molecule has 0 aromatic carbocycles. The van der Waals surface area contributed by atoms with Crippen LogP contribution in [0.4, 0.5) is 0 Å². The quantitative estimate of drug-likeness (QED) is 0.833. The zero-order valence-electron chi connectivity index (χ0n) is 14.5. The van der Waals surface area contributed by atoms with Crippen molar-refractivity contribution >= 4 is 0 Å². The second-order valence-electron chi connectivity index (χ2n) is 7.83. The van der Waals surface area contributed by atoms with E-state index in [0.29, 0.717) is 11.7 Å². The third kappa shape index (κ3) is 3.03. The first-order chi connectivity index (χ1) is 12.3. The Morgan fingerprint density at radius 1 is 1.20 bits per heavy atom. The van der Waals surface area contributed by atoms with E-state index in [1.165, 1.54) is 38.8 Å². The smallest absolute Gasteiger partial charge is 0.234 e. The monoisotopic (exact) mass is 340 g/mol. The molecule has 132 valence electrons. The molecule has 0 unspecified atom stereocenters. The molecule has 1 aliphatic carbocycles. The molecule has 0 spiro atoms. The summed E-state index contributed by atoms with van der Waals surface area (Å²) in [6.45, 7) is 4.24. The first-order valence-electron chi connectivity index (χ1n) is 9.47. The van der Waals surface area contributed by atoms with Crippen molar-refractivity contribution < 1.29 is 9.26 Å². The van der Waals surface area contributed by atoms with Crippen molar-refractivity contribution in [3.63, 3.8) is 0 Å². The van der Waals surface area contributed by atoms with Gasteiger partial charge in [-0.2, -0.15) is 4.98 Å². The van der Waals surface area contributed by atoms with E-state index < -0.39 is 0 Å². The summed E-state index contributed by atoms with van der Waals surface area (Å²) in [7, 11) is 0. The van der Waals surface area contributed by atoms with E-state index in [0.717, 1.165) is 43.4 Å². The van der Waals surface area contributed by atoms with Gasteiger partial charge in [-0.1, -0.05) is 5.16 Å². The summed E-state index contributed by atoms with van der Waals surface area (Å²) in [6, 6.07) is 3.87. The second kappa shape index (κ2) is 6.09. The first kappa shape index (κ1) is 15.3. The molecule has 2 aromatic heterocycles. The molecular weight excluding hydrogens is 316 g/mol. The molecule has 4 heterocycles. The number of pyridine rings is 1. The summed E-state index contributed by atoms with van der Waals surface area (Å²) in [5, 5.41) is 4.23. The fourth-order valence-electron chi connectivity index (χ4n) is 4.19. The number of hydrogen-bond acceptors (Lipinski definition) is 6. The van der Waals surface area contributed by atoms with Gasteiger partial charge >= 0.3 is 0 Å². The average Bonchev–Trinajstić information content (AvgIpc) is 3.34. The number of piperidine rings is 2. The summed E-state index contributed by atoms with van der Waals surface area (Å²) in [4.78, 5) is 11.7. The number of rotatable bonds is 5. The first-order valence-corrected chi connectivity index (χ1v) is 9.47. The summed E-state index contributed by atoms with van der Waals surface area (Å²) in [5.41, 5.74) is 0.941. The highest BCUT2D eigenvalue weighted by Crippen LogP contribution is 2.41. The zero-order chi connectivity index (χ0) is 16.7. The Kier molecular flexibility index (Phi) is 3.73. The van der Waals surface area contributed by atoms with Crippen LogP contribution in [0.25, 0.3) is 11.4 Å². The molecule has 0 radical (unpaired) electrons. The lowest BCUT2D eigenvalue weighted by atomic mass is 9.73. The van der Waals surface area contributed by atoms with Crippen molar-refractivity contribution in [1.82, 2.24) is 20.0 Å². The average molecular weight is 340 g/mol. The highest BCUT2D eigenvalue weighted by molar-refractivity contribution is 5.53. The van der Waals surface area contributed by atoms with Crippen LogP contribution in [0.3, 0.4) is 0 Å². The van der Waals surface area contributed by atoms with Crippen LogP contribution in [-0.2, 0) is 5.41 Å². The van der Waals surface area contributed by atoms with Gasteiger partial charge in [0.1, 0.15) is 0 Å². The Labute approximate surface area is 147 Å². The normalized spacial score (nSPS) is 28.7. The van der Waals surface area contributed by atoms with Gasteiger partial charge < -0.3 is 14.2 Å². The van der Waals surface area contributed by atoms with Crippen LogP contribution in [0, 0.1) is 5.92 Å². The topological polar surface area (TPSA) is 64.3 Å². The molecule has 0 amide bonds. The van der Waals surface area contributed by atoms with Crippen LogP contribution in [0.2, 0.25) is 0 Å². The van der Waals surface area contributed by atoms with Crippen molar-refractivity contribution in [2.24, 2.45) is 5.92 Å². The summed E-state index contributed by atoms with van der Waals surface area (Å²) < 4.78 is 11.4. The number of nitrogens with zero attached hydrogens (tertiary/aromatic N) is 4. The van der Waals surface area contributed by atoms with E-state index in [2.05, 4.69) is 15.0 Å². The Bertz CT molecular complexity index is 728. The Hall–Kier alpha value is -1.95. The molecular formula is C19H24N4O2. The Morgan fingerprint density at radius 3 is 2.76 bits per heavy atom. The van der Waals surface area contributed by atoms with Crippen LogP contribution in [0.5, 0.6) is 5.88 Å². The van der Waals surface area contributed by atoms with E-state index in [-0.39, 0.29) is 5.41 Å². The third-order valence-electron chi connectivity index (χ3n) is 5.82. The summed E-state index contributed by atoms with van der Waals surface area (Å²) in [6.07, 6.45) is 9.07. The highest BCUT2D eigenvalue weighted by atomic mass is 16.5. The van der Waals surface area contributed by atoms with Crippen molar-refractivity contribution in [3.8, 4) is 17.3 Å². The van der Waals surface area contributed by atoms with Crippen LogP contribution < -0.4 is 4.74 Å². The van der Waals surface area contributed by atoms with Crippen molar-refractivity contribution in [3.05, 3.63) is 24.2 Å². The number of fused-ring (bicyclic) bond motifs is 2. The van der Waals surface area contributed by atoms with Gasteiger partial charge in [0, 0.05) is 24.4 Å². The van der Waals surface area contributed by atoms with Crippen molar-refractivity contribution in [2.45, 2.75) is 43.9 Å². The van der Waals surface area contributed by atoms with Gasteiger partial charge in [-0.25, -0.2) is 4.98 Å². The molecule has 2 aromatic rings. The SMILES string of the molecule is c1cc(OCC2CC2)ncc1-c1noc(C23CCCN(CCC2)C3)n1. The van der Waals surface area contributed by atoms with Gasteiger partial charge in [-0.15, -0.1) is 0 Å². The molecule has 3 fully saturated rings. The van der Waals surface area contributed by atoms with Crippen LogP contribution in [0.1, 0.15) is 44.4 Å². The molecule has 25 heavy (non-hydrogen) atoms. The fraction of sp³-hybridized carbons (Fsp3) is 0.632. The van der Waals surface area contributed by atoms with Crippen molar-refractivity contribution in [1.29, 1.82) is 0 Å². The minimum atomic E-state index is 0.0580. The molecule has 6 heteroatoms. The van der Waals surface area contributed by atoms with Gasteiger partial charge in [0.25, 0.3) is 0 Å². The maximum atomic E-state index is 5.71. The zero-order valence-corrected chi connectivity index (χ0v) is 14.5.